The molecule has 0 spiro atoms. The molecular weight excluding hydrogens is 321 g/mol. The maximum Gasteiger partial charge on any atom is 0.416 e. The molecular formula is C17H23F3N2O2. The van der Waals surface area contributed by atoms with Gasteiger partial charge in [-0.25, -0.2) is 4.79 Å². The van der Waals surface area contributed by atoms with E-state index in [9.17, 15) is 18.0 Å². The van der Waals surface area contributed by atoms with Gasteiger partial charge in [0, 0.05) is 19.1 Å². The molecule has 24 heavy (non-hydrogen) atoms. The average molecular weight is 344 g/mol. The highest BCUT2D eigenvalue weighted by Crippen LogP contribution is 2.33. The van der Waals surface area contributed by atoms with E-state index in [0.717, 1.165) is 12.1 Å². The van der Waals surface area contributed by atoms with Crippen LogP contribution in [-0.2, 0) is 10.9 Å². The molecule has 1 fully saturated rings. The van der Waals surface area contributed by atoms with Crippen molar-refractivity contribution in [2.75, 3.05) is 13.1 Å². The lowest BCUT2D eigenvalue weighted by Crippen LogP contribution is -2.36. The molecule has 2 N–H and O–H groups in total. The fourth-order valence-electron chi connectivity index (χ4n) is 2.77. The summed E-state index contributed by atoms with van der Waals surface area (Å²) in [5, 5.41) is 0. The van der Waals surface area contributed by atoms with E-state index in [4.69, 9.17) is 10.5 Å². The summed E-state index contributed by atoms with van der Waals surface area (Å²) in [6.45, 7) is 6.23. The number of benzene rings is 1. The summed E-state index contributed by atoms with van der Waals surface area (Å²) in [6.07, 6.45) is -4.17. The van der Waals surface area contributed by atoms with E-state index < -0.39 is 29.5 Å². The number of nitrogens with zero attached hydrogens (tertiary/aromatic N) is 1. The number of halogens is 3. The number of carbonyl (C=O) groups is 1. The van der Waals surface area contributed by atoms with Crippen molar-refractivity contribution in [3.8, 4) is 0 Å². The van der Waals surface area contributed by atoms with E-state index in [1.807, 2.05) is 0 Å². The molecule has 0 bridgehead atoms. The van der Waals surface area contributed by atoms with Crippen LogP contribution >= 0.6 is 0 Å². The number of alkyl halides is 3. The van der Waals surface area contributed by atoms with Crippen LogP contribution in [0.2, 0.25) is 0 Å². The summed E-state index contributed by atoms with van der Waals surface area (Å²) in [4.78, 5) is 13.6. The van der Waals surface area contributed by atoms with Crippen molar-refractivity contribution < 1.29 is 22.7 Å². The van der Waals surface area contributed by atoms with Crippen molar-refractivity contribution in [1.82, 2.24) is 4.90 Å². The molecule has 1 amide bonds. The summed E-state index contributed by atoms with van der Waals surface area (Å²) < 4.78 is 43.8. The minimum atomic E-state index is -4.39. The standard InChI is InChI=1S/C17H23F3N2O2/c1-16(2,3)24-15(23)22-8-7-12(10-22)14(21)11-5-4-6-13(9-11)17(18,19)20/h4-6,9,12,14H,7-8,10,21H2,1-3H3. The van der Waals surface area contributed by atoms with Gasteiger partial charge in [0.2, 0.25) is 0 Å². The number of nitrogens with two attached hydrogens (primary N) is 1. The minimum Gasteiger partial charge on any atom is -0.444 e. The lowest BCUT2D eigenvalue weighted by Gasteiger charge is -2.25. The molecule has 0 saturated carbocycles. The van der Waals surface area contributed by atoms with Crippen LogP contribution < -0.4 is 5.73 Å². The maximum atomic E-state index is 12.8. The van der Waals surface area contributed by atoms with Gasteiger partial charge in [-0.3, -0.25) is 0 Å². The molecule has 4 nitrogen and oxygen atoms in total. The SMILES string of the molecule is CC(C)(C)OC(=O)N1CCC(C(N)c2cccc(C(F)(F)F)c2)C1. The first-order chi connectivity index (χ1) is 11.0. The maximum absolute atomic E-state index is 12.8. The summed E-state index contributed by atoms with van der Waals surface area (Å²) in [7, 11) is 0. The number of hydrogen-bond acceptors (Lipinski definition) is 3. The lowest BCUT2D eigenvalue weighted by molar-refractivity contribution is -0.137. The van der Waals surface area contributed by atoms with Crippen LogP contribution in [0.25, 0.3) is 0 Å². The van der Waals surface area contributed by atoms with Gasteiger partial charge in [0.05, 0.1) is 5.56 Å². The molecule has 7 heteroatoms. The highest BCUT2D eigenvalue weighted by atomic mass is 19.4. The Kier molecular flexibility index (Phi) is 5.13. The lowest BCUT2D eigenvalue weighted by atomic mass is 9.92. The van der Waals surface area contributed by atoms with Crippen molar-refractivity contribution >= 4 is 6.09 Å². The van der Waals surface area contributed by atoms with Crippen molar-refractivity contribution in [3.63, 3.8) is 0 Å². The Morgan fingerprint density at radius 1 is 1.33 bits per heavy atom. The van der Waals surface area contributed by atoms with Gasteiger partial charge in [0.1, 0.15) is 5.60 Å². The second-order valence-corrected chi connectivity index (χ2v) is 7.12. The Bertz CT molecular complexity index is 596. The molecule has 0 radical (unpaired) electrons. The number of amides is 1. The van der Waals surface area contributed by atoms with Gasteiger partial charge in [-0.15, -0.1) is 0 Å². The Balaban J connectivity index is 2.04. The third kappa shape index (κ3) is 4.63. The van der Waals surface area contributed by atoms with Gasteiger partial charge in [-0.1, -0.05) is 12.1 Å². The van der Waals surface area contributed by atoms with Gasteiger partial charge < -0.3 is 15.4 Å². The van der Waals surface area contributed by atoms with Crippen LogP contribution in [0.3, 0.4) is 0 Å². The van der Waals surface area contributed by atoms with Crippen molar-refractivity contribution in [3.05, 3.63) is 35.4 Å². The van der Waals surface area contributed by atoms with E-state index in [-0.39, 0.29) is 5.92 Å². The zero-order chi connectivity index (χ0) is 18.1. The number of rotatable bonds is 2. The van der Waals surface area contributed by atoms with Crippen LogP contribution in [0, 0.1) is 5.92 Å². The van der Waals surface area contributed by atoms with Gasteiger partial charge >= 0.3 is 12.3 Å². The normalized spacial score (nSPS) is 20.1. The Morgan fingerprint density at radius 2 is 2.00 bits per heavy atom. The highest BCUT2D eigenvalue weighted by molar-refractivity contribution is 5.68. The van der Waals surface area contributed by atoms with Crippen molar-refractivity contribution in [2.24, 2.45) is 11.7 Å². The molecule has 2 unspecified atom stereocenters. The number of carbonyl (C=O) groups excluding carboxylic acids is 1. The van der Waals surface area contributed by atoms with E-state index in [1.54, 1.807) is 31.7 Å². The highest BCUT2D eigenvalue weighted by Gasteiger charge is 2.35. The first kappa shape index (κ1) is 18.6. The minimum absolute atomic E-state index is 0.0963. The van der Waals surface area contributed by atoms with Crippen LogP contribution in [-0.4, -0.2) is 29.7 Å². The fraction of sp³-hybridized carbons (Fsp3) is 0.588. The van der Waals surface area contributed by atoms with Gasteiger partial charge in [-0.05, 0) is 50.8 Å². The van der Waals surface area contributed by atoms with Crippen LogP contribution in [0.4, 0.5) is 18.0 Å². The molecule has 0 aliphatic carbocycles. The first-order valence-electron chi connectivity index (χ1n) is 7.88. The topological polar surface area (TPSA) is 55.6 Å². The first-order valence-corrected chi connectivity index (χ1v) is 7.88. The quantitative estimate of drug-likeness (QED) is 0.883. The monoisotopic (exact) mass is 344 g/mol. The van der Waals surface area contributed by atoms with Crippen molar-refractivity contribution in [2.45, 2.75) is 45.0 Å². The van der Waals surface area contributed by atoms with Crippen LogP contribution in [0.15, 0.2) is 24.3 Å². The van der Waals surface area contributed by atoms with Crippen molar-refractivity contribution in [1.29, 1.82) is 0 Å². The van der Waals surface area contributed by atoms with E-state index in [1.165, 1.54) is 6.07 Å². The van der Waals surface area contributed by atoms with Crippen LogP contribution in [0.5, 0.6) is 0 Å². The summed E-state index contributed by atoms with van der Waals surface area (Å²) in [5.41, 5.74) is 5.29. The fourth-order valence-corrected chi connectivity index (χ4v) is 2.77. The smallest absolute Gasteiger partial charge is 0.416 e. The molecule has 1 heterocycles. The molecule has 2 atom stereocenters. The molecule has 1 aliphatic heterocycles. The molecule has 1 saturated heterocycles. The number of ether oxygens (including phenoxy) is 1. The van der Waals surface area contributed by atoms with E-state index in [0.29, 0.717) is 25.1 Å². The molecule has 0 aromatic heterocycles. The molecule has 2 rings (SSSR count). The number of likely N-dealkylation sites (tertiary alicyclic amines) is 1. The largest absolute Gasteiger partial charge is 0.444 e. The molecule has 1 aromatic rings. The predicted octanol–water partition coefficient (Wildman–Crippen LogP) is 3.96. The Morgan fingerprint density at radius 3 is 2.58 bits per heavy atom. The average Bonchev–Trinajstić information content (AvgIpc) is 2.94. The molecule has 1 aliphatic rings. The van der Waals surface area contributed by atoms with E-state index >= 15 is 0 Å². The van der Waals surface area contributed by atoms with E-state index in [2.05, 4.69) is 0 Å². The van der Waals surface area contributed by atoms with Crippen LogP contribution in [0.1, 0.15) is 44.4 Å². The summed E-state index contributed by atoms with van der Waals surface area (Å²) in [6, 6.07) is 4.51. The number of hydrogen-bond donors (Lipinski definition) is 1. The summed E-state index contributed by atoms with van der Waals surface area (Å²) in [5.74, 6) is -0.0963. The molecule has 1 aromatic carbocycles. The second-order valence-electron chi connectivity index (χ2n) is 7.12. The van der Waals surface area contributed by atoms with Gasteiger partial charge in [-0.2, -0.15) is 13.2 Å². The Labute approximate surface area is 139 Å². The summed E-state index contributed by atoms with van der Waals surface area (Å²) >= 11 is 0. The second kappa shape index (κ2) is 6.63. The zero-order valence-corrected chi connectivity index (χ0v) is 14.1. The third-order valence-electron chi connectivity index (χ3n) is 3.98. The Hall–Kier alpha value is -1.76. The predicted molar refractivity (Wildman–Crippen MR) is 84.3 cm³/mol. The third-order valence-corrected chi connectivity index (χ3v) is 3.98. The van der Waals surface area contributed by atoms with Gasteiger partial charge in [0.15, 0.2) is 0 Å². The molecule has 134 valence electrons. The zero-order valence-electron chi connectivity index (χ0n) is 14.1. The van der Waals surface area contributed by atoms with Gasteiger partial charge in [0.25, 0.3) is 0 Å².